The topological polar surface area (TPSA) is 81.7 Å². The van der Waals surface area contributed by atoms with Crippen LogP contribution in [0.5, 0.6) is 11.5 Å². The van der Waals surface area contributed by atoms with Gasteiger partial charge >= 0.3 is 0 Å². The molecule has 1 amide bonds. The molecule has 0 radical (unpaired) electrons. The molecule has 1 atom stereocenters. The Morgan fingerprint density at radius 1 is 1.19 bits per heavy atom. The molecule has 138 valence electrons. The number of nitrogens with one attached hydrogen (secondary N) is 2. The van der Waals surface area contributed by atoms with Gasteiger partial charge in [0.2, 0.25) is 0 Å². The van der Waals surface area contributed by atoms with Crippen molar-refractivity contribution in [2.24, 2.45) is 0 Å². The van der Waals surface area contributed by atoms with Gasteiger partial charge in [-0.25, -0.2) is 0 Å². The number of rotatable bonds is 7. The zero-order chi connectivity index (χ0) is 18.4. The molecule has 3 rings (SSSR count). The van der Waals surface area contributed by atoms with E-state index in [0.29, 0.717) is 23.7 Å². The van der Waals surface area contributed by atoms with Crippen LogP contribution in [0.15, 0.2) is 36.5 Å². The number of carbonyl (C=O) groups excluding carboxylic acids is 1. The number of ether oxygens (including phenoxy) is 3. The van der Waals surface area contributed by atoms with E-state index >= 15 is 0 Å². The fourth-order valence-electron chi connectivity index (χ4n) is 2.82. The van der Waals surface area contributed by atoms with E-state index in [1.165, 1.54) is 0 Å². The van der Waals surface area contributed by atoms with Crippen LogP contribution in [-0.4, -0.2) is 44.4 Å². The lowest BCUT2D eigenvalue weighted by molar-refractivity contribution is 0.0854. The molecule has 1 unspecified atom stereocenters. The summed E-state index contributed by atoms with van der Waals surface area (Å²) in [4.78, 5) is 16.4. The fourth-order valence-corrected chi connectivity index (χ4v) is 2.82. The summed E-state index contributed by atoms with van der Waals surface area (Å²) in [5.74, 6) is 1.07. The first-order valence-electron chi connectivity index (χ1n) is 8.54. The second-order valence-corrected chi connectivity index (χ2v) is 5.97. The van der Waals surface area contributed by atoms with Gasteiger partial charge in [-0.2, -0.15) is 0 Å². The number of nitrogens with zero attached hydrogens (tertiary/aromatic N) is 1. The number of anilines is 2. The van der Waals surface area contributed by atoms with Crippen molar-refractivity contribution in [1.82, 2.24) is 10.3 Å². The zero-order valence-electron chi connectivity index (χ0n) is 15.0. The maximum Gasteiger partial charge on any atom is 0.270 e. The van der Waals surface area contributed by atoms with Crippen molar-refractivity contribution in [2.75, 3.05) is 32.7 Å². The Morgan fingerprint density at radius 3 is 2.73 bits per heavy atom. The highest BCUT2D eigenvalue weighted by Gasteiger charge is 2.17. The van der Waals surface area contributed by atoms with E-state index in [2.05, 4.69) is 15.6 Å². The first kappa shape index (κ1) is 18.0. The van der Waals surface area contributed by atoms with Gasteiger partial charge in [-0.15, -0.1) is 0 Å². The van der Waals surface area contributed by atoms with Gasteiger partial charge in [0.25, 0.3) is 5.91 Å². The first-order valence-corrected chi connectivity index (χ1v) is 8.54. The summed E-state index contributed by atoms with van der Waals surface area (Å²) in [6.07, 6.45) is 3.73. The van der Waals surface area contributed by atoms with Gasteiger partial charge in [-0.3, -0.25) is 9.78 Å². The largest absolute Gasteiger partial charge is 0.493 e. The molecule has 2 aromatic rings. The summed E-state index contributed by atoms with van der Waals surface area (Å²) in [5.41, 5.74) is 1.93. The second kappa shape index (κ2) is 8.53. The van der Waals surface area contributed by atoms with Gasteiger partial charge in [0.05, 0.1) is 20.3 Å². The smallest absolute Gasteiger partial charge is 0.270 e. The minimum absolute atomic E-state index is 0.104. The fraction of sp³-hybridized carbons (Fsp3) is 0.368. The van der Waals surface area contributed by atoms with Crippen LogP contribution in [0.2, 0.25) is 0 Å². The standard InChI is InChI=1S/C19H23N3O4/c1-24-17-6-5-13(11-18(17)25-2)22-14-7-8-20-16(10-14)19(23)21-12-15-4-3-9-26-15/h5-8,10-11,15H,3-4,9,12H2,1-2H3,(H,20,22)(H,21,23). The van der Waals surface area contributed by atoms with E-state index in [-0.39, 0.29) is 12.0 Å². The molecule has 1 aliphatic heterocycles. The molecule has 26 heavy (non-hydrogen) atoms. The van der Waals surface area contributed by atoms with Crippen LogP contribution in [0, 0.1) is 0 Å². The van der Waals surface area contributed by atoms with Gasteiger partial charge in [0.15, 0.2) is 11.5 Å². The van der Waals surface area contributed by atoms with E-state index < -0.39 is 0 Å². The molecule has 0 aliphatic carbocycles. The van der Waals surface area contributed by atoms with E-state index in [1.807, 2.05) is 18.2 Å². The first-order chi connectivity index (χ1) is 12.7. The highest BCUT2D eigenvalue weighted by molar-refractivity contribution is 5.93. The molecule has 0 saturated carbocycles. The quantitative estimate of drug-likeness (QED) is 0.793. The Morgan fingerprint density at radius 2 is 2.00 bits per heavy atom. The number of amides is 1. The van der Waals surface area contributed by atoms with Gasteiger partial charge < -0.3 is 24.8 Å². The number of pyridine rings is 1. The predicted molar refractivity (Wildman–Crippen MR) is 98.4 cm³/mol. The highest BCUT2D eigenvalue weighted by atomic mass is 16.5. The number of carbonyl (C=O) groups is 1. The van der Waals surface area contributed by atoms with Gasteiger partial charge in [-0.1, -0.05) is 0 Å². The van der Waals surface area contributed by atoms with E-state index in [9.17, 15) is 4.79 Å². The minimum Gasteiger partial charge on any atom is -0.493 e. The van der Waals surface area contributed by atoms with Crippen molar-refractivity contribution in [2.45, 2.75) is 18.9 Å². The number of aromatic nitrogens is 1. The zero-order valence-corrected chi connectivity index (χ0v) is 15.0. The lowest BCUT2D eigenvalue weighted by Gasteiger charge is -2.13. The number of methoxy groups -OCH3 is 2. The van der Waals surface area contributed by atoms with Crippen molar-refractivity contribution in [3.63, 3.8) is 0 Å². The van der Waals surface area contributed by atoms with Crippen molar-refractivity contribution < 1.29 is 19.0 Å². The van der Waals surface area contributed by atoms with Crippen LogP contribution < -0.4 is 20.1 Å². The molecule has 1 aromatic carbocycles. The van der Waals surface area contributed by atoms with Crippen LogP contribution in [0.25, 0.3) is 0 Å². The Labute approximate surface area is 152 Å². The number of benzene rings is 1. The molecule has 0 bridgehead atoms. The van der Waals surface area contributed by atoms with Crippen LogP contribution in [0.4, 0.5) is 11.4 Å². The third-order valence-corrected chi connectivity index (χ3v) is 4.18. The average molecular weight is 357 g/mol. The Bertz CT molecular complexity index is 760. The molecule has 7 nitrogen and oxygen atoms in total. The third kappa shape index (κ3) is 4.43. The molecule has 1 fully saturated rings. The average Bonchev–Trinajstić information content (AvgIpc) is 3.20. The predicted octanol–water partition coefficient (Wildman–Crippen LogP) is 2.75. The SMILES string of the molecule is COc1ccc(Nc2ccnc(C(=O)NCC3CCCO3)c2)cc1OC. The minimum atomic E-state index is -0.212. The van der Waals surface area contributed by atoms with Crippen molar-refractivity contribution in [1.29, 1.82) is 0 Å². The molecule has 7 heteroatoms. The summed E-state index contributed by atoms with van der Waals surface area (Å²) in [5, 5.41) is 6.12. The van der Waals surface area contributed by atoms with Crippen LogP contribution in [0.1, 0.15) is 23.3 Å². The third-order valence-electron chi connectivity index (χ3n) is 4.18. The monoisotopic (exact) mass is 357 g/mol. The normalized spacial score (nSPS) is 16.2. The summed E-state index contributed by atoms with van der Waals surface area (Å²) >= 11 is 0. The Balaban J connectivity index is 1.66. The van der Waals surface area contributed by atoms with E-state index in [1.54, 1.807) is 32.5 Å². The van der Waals surface area contributed by atoms with Gasteiger partial charge in [-0.05, 0) is 37.1 Å². The lowest BCUT2D eigenvalue weighted by Crippen LogP contribution is -2.32. The van der Waals surface area contributed by atoms with Gasteiger partial charge in [0, 0.05) is 36.8 Å². The van der Waals surface area contributed by atoms with E-state index in [0.717, 1.165) is 30.8 Å². The lowest BCUT2D eigenvalue weighted by atomic mass is 10.2. The number of hydrogen-bond acceptors (Lipinski definition) is 6. The highest BCUT2D eigenvalue weighted by Crippen LogP contribution is 2.31. The maximum absolute atomic E-state index is 12.3. The van der Waals surface area contributed by atoms with Crippen LogP contribution in [0.3, 0.4) is 0 Å². The molecule has 1 saturated heterocycles. The molecular weight excluding hydrogens is 334 g/mol. The molecule has 2 N–H and O–H groups in total. The number of hydrogen-bond donors (Lipinski definition) is 2. The maximum atomic E-state index is 12.3. The Hall–Kier alpha value is -2.80. The molecule has 2 heterocycles. The summed E-state index contributed by atoms with van der Waals surface area (Å²) < 4.78 is 16.1. The van der Waals surface area contributed by atoms with Crippen LogP contribution >= 0.6 is 0 Å². The Kier molecular flexibility index (Phi) is 5.91. The molecule has 1 aromatic heterocycles. The van der Waals surface area contributed by atoms with E-state index in [4.69, 9.17) is 14.2 Å². The van der Waals surface area contributed by atoms with Crippen molar-refractivity contribution in [3.8, 4) is 11.5 Å². The summed E-state index contributed by atoms with van der Waals surface area (Å²) in [6, 6.07) is 9.03. The summed E-state index contributed by atoms with van der Waals surface area (Å²) in [6.45, 7) is 1.28. The van der Waals surface area contributed by atoms with Crippen molar-refractivity contribution >= 4 is 17.3 Å². The molecule has 0 spiro atoms. The molecular formula is C19H23N3O4. The van der Waals surface area contributed by atoms with Gasteiger partial charge in [0.1, 0.15) is 5.69 Å². The van der Waals surface area contributed by atoms with Crippen molar-refractivity contribution in [3.05, 3.63) is 42.2 Å². The second-order valence-electron chi connectivity index (χ2n) is 5.97. The molecule has 1 aliphatic rings. The van der Waals surface area contributed by atoms with Crippen LogP contribution in [-0.2, 0) is 4.74 Å². The summed E-state index contributed by atoms with van der Waals surface area (Å²) in [7, 11) is 3.18.